The van der Waals surface area contributed by atoms with Crippen molar-refractivity contribution in [1.29, 1.82) is 0 Å². The van der Waals surface area contributed by atoms with E-state index < -0.39 is 0 Å². The normalized spacial score (nSPS) is 13.4. The third kappa shape index (κ3) is 2.63. The fraction of sp³-hybridized carbons (Fsp3) is 0.312. The first-order valence-electron chi connectivity index (χ1n) is 7.71. The van der Waals surface area contributed by atoms with Crippen LogP contribution in [0.4, 0.5) is 10.9 Å². The van der Waals surface area contributed by atoms with Crippen LogP contribution >= 0.6 is 22.9 Å². The molecule has 24 heavy (non-hydrogen) atoms. The van der Waals surface area contributed by atoms with Crippen LogP contribution in [0.1, 0.15) is 10.6 Å². The minimum atomic E-state index is 0.654. The number of nitrogens with zero attached hydrogens (tertiary/aromatic N) is 5. The van der Waals surface area contributed by atoms with Gasteiger partial charge in [0.2, 0.25) is 0 Å². The van der Waals surface area contributed by atoms with Crippen LogP contribution in [-0.4, -0.2) is 33.3 Å². The zero-order chi connectivity index (χ0) is 16.7. The number of pyridine rings is 1. The molecule has 4 heterocycles. The van der Waals surface area contributed by atoms with E-state index in [0.717, 1.165) is 47.4 Å². The number of fused-ring (bicyclic) bond motifs is 3. The standard InChI is InChI=1S/C16H17ClN6S/c1-18-16-21-14-12-8-20-22(2)15(12)23(6-5-13(14)24-16)9-11-4-3-10(17)7-19-11/h3-4,7-8H,5-6,9H2,1-2H3,(H,18,21). The highest BCUT2D eigenvalue weighted by atomic mass is 35.5. The molecule has 3 aromatic rings. The van der Waals surface area contributed by atoms with Crippen LogP contribution in [0.15, 0.2) is 24.5 Å². The van der Waals surface area contributed by atoms with Gasteiger partial charge >= 0.3 is 0 Å². The van der Waals surface area contributed by atoms with E-state index in [1.807, 2.05) is 37.1 Å². The van der Waals surface area contributed by atoms with E-state index in [4.69, 9.17) is 16.6 Å². The summed E-state index contributed by atoms with van der Waals surface area (Å²) in [6.45, 7) is 1.62. The average molecular weight is 361 g/mol. The largest absolute Gasteiger partial charge is 0.365 e. The number of hydrogen-bond donors (Lipinski definition) is 1. The predicted octanol–water partition coefficient (Wildman–Crippen LogP) is 3.20. The van der Waals surface area contributed by atoms with Gasteiger partial charge in [-0.15, -0.1) is 11.3 Å². The minimum absolute atomic E-state index is 0.654. The maximum absolute atomic E-state index is 5.94. The van der Waals surface area contributed by atoms with Gasteiger partial charge in [-0.1, -0.05) is 11.6 Å². The highest BCUT2D eigenvalue weighted by molar-refractivity contribution is 7.16. The molecule has 6 nitrogen and oxygen atoms in total. The highest BCUT2D eigenvalue weighted by Crippen LogP contribution is 2.39. The Morgan fingerprint density at radius 1 is 1.33 bits per heavy atom. The topological polar surface area (TPSA) is 58.9 Å². The first-order valence-corrected chi connectivity index (χ1v) is 8.90. The Morgan fingerprint density at radius 2 is 2.21 bits per heavy atom. The molecule has 0 unspecified atom stereocenters. The SMILES string of the molecule is CNc1nc2c(s1)CCN(Cc1ccc(Cl)cn1)c1c-2cnn1C. The summed E-state index contributed by atoms with van der Waals surface area (Å²) in [5.74, 6) is 1.08. The number of anilines is 2. The molecule has 124 valence electrons. The summed E-state index contributed by atoms with van der Waals surface area (Å²) in [6, 6.07) is 3.85. The Hall–Kier alpha value is -2.12. The number of rotatable bonds is 3. The molecule has 0 aliphatic carbocycles. The number of nitrogens with one attached hydrogen (secondary N) is 1. The zero-order valence-electron chi connectivity index (χ0n) is 13.5. The molecule has 0 fully saturated rings. The Kier molecular flexibility index (Phi) is 3.90. The molecular weight excluding hydrogens is 344 g/mol. The van der Waals surface area contributed by atoms with E-state index in [0.29, 0.717) is 5.02 Å². The fourth-order valence-electron chi connectivity index (χ4n) is 3.00. The van der Waals surface area contributed by atoms with Crippen molar-refractivity contribution in [2.45, 2.75) is 13.0 Å². The summed E-state index contributed by atoms with van der Waals surface area (Å²) in [6.07, 6.45) is 4.55. The molecule has 0 bridgehead atoms. The van der Waals surface area contributed by atoms with Crippen molar-refractivity contribution in [3.05, 3.63) is 40.1 Å². The molecule has 0 atom stereocenters. The number of thiazole rings is 1. The van der Waals surface area contributed by atoms with Gasteiger partial charge in [0.05, 0.1) is 34.7 Å². The summed E-state index contributed by atoms with van der Waals surface area (Å²) in [5.41, 5.74) is 3.11. The third-order valence-electron chi connectivity index (χ3n) is 4.12. The van der Waals surface area contributed by atoms with Crippen LogP contribution < -0.4 is 10.2 Å². The average Bonchev–Trinajstić information content (AvgIpc) is 3.13. The maximum atomic E-state index is 5.94. The van der Waals surface area contributed by atoms with Crippen LogP contribution in [0, 0.1) is 0 Å². The van der Waals surface area contributed by atoms with Gasteiger partial charge in [-0.05, 0) is 12.1 Å². The van der Waals surface area contributed by atoms with Gasteiger partial charge in [0, 0.05) is 38.1 Å². The third-order valence-corrected chi connectivity index (χ3v) is 5.48. The smallest absolute Gasteiger partial charge is 0.183 e. The first-order chi connectivity index (χ1) is 11.7. The second kappa shape index (κ2) is 6.07. The van der Waals surface area contributed by atoms with E-state index in [2.05, 4.69) is 20.3 Å². The lowest BCUT2D eigenvalue weighted by atomic mass is 10.2. The number of aromatic nitrogens is 4. The van der Waals surface area contributed by atoms with Crippen molar-refractivity contribution >= 4 is 33.9 Å². The number of halogens is 1. The summed E-state index contributed by atoms with van der Waals surface area (Å²) in [7, 11) is 3.87. The molecule has 0 saturated heterocycles. The van der Waals surface area contributed by atoms with E-state index in [9.17, 15) is 0 Å². The van der Waals surface area contributed by atoms with Gasteiger partial charge in [-0.3, -0.25) is 9.67 Å². The molecule has 1 aliphatic heterocycles. The number of aryl methyl sites for hydroxylation is 1. The van der Waals surface area contributed by atoms with Gasteiger partial charge in [0.15, 0.2) is 5.13 Å². The first kappa shape index (κ1) is 15.4. The van der Waals surface area contributed by atoms with Gasteiger partial charge in [0.1, 0.15) is 5.82 Å². The quantitative estimate of drug-likeness (QED) is 0.777. The van der Waals surface area contributed by atoms with Crippen molar-refractivity contribution in [1.82, 2.24) is 19.7 Å². The van der Waals surface area contributed by atoms with E-state index >= 15 is 0 Å². The van der Waals surface area contributed by atoms with Crippen LogP contribution in [0.2, 0.25) is 5.02 Å². The molecule has 0 aromatic carbocycles. The van der Waals surface area contributed by atoms with Crippen LogP contribution in [0.5, 0.6) is 0 Å². The van der Waals surface area contributed by atoms with Gasteiger partial charge in [-0.25, -0.2) is 4.98 Å². The lowest BCUT2D eigenvalue weighted by Crippen LogP contribution is -2.27. The molecule has 4 rings (SSSR count). The molecular formula is C16H17ClN6S. The van der Waals surface area contributed by atoms with Crippen molar-refractivity contribution < 1.29 is 0 Å². The molecule has 1 aliphatic rings. The van der Waals surface area contributed by atoms with Crippen LogP contribution in [-0.2, 0) is 20.0 Å². The lowest BCUT2D eigenvalue weighted by molar-refractivity contribution is 0.693. The molecule has 0 radical (unpaired) electrons. The summed E-state index contributed by atoms with van der Waals surface area (Å²) in [4.78, 5) is 12.8. The summed E-state index contributed by atoms with van der Waals surface area (Å²) < 4.78 is 1.92. The number of hydrogen-bond acceptors (Lipinski definition) is 6. The van der Waals surface area contributed by atoms with Crippen molar-refractivity contribution in [3.63, 3.8) is 0 Å². The van der Waals surface area contributed by atoms with Gasteiger partial charge in [-0.2, -0.15) is 5.10 Å². The van der Waals surface area contributed by atoms with Gasteiger partial charge < -0.3 is 10.2 Å². The Balaban J connectivity index is 1.73. The Morgan fingerprint density at radius 3 is 2.96 bits per heavy atom. The van der Waals surface area contributed by atoms with Gasteiger partial charge in [0.25, 0.3) is 0 Å². The minimum Gasteiger partial charge on any atom is -0.365 e. The predicted molar refractivity (Wildman–Crippen MR) is 97.9 cm³/mol. The van der Waals surface area contributed by atoms with Crippen molar-refractivity contribution in [3.8, 4) is 11.3 Å². The molecule has 0 spiro atoms. The second-order valence-corrected chi connectivity index (χ2v) is 7.21. The molecule has 1 N–H and O–H groups in total. The van der Waals surface area contributed by atoms with E-state index in [-0.39, 0.29) is 0 Å². The second-order valence-electron chi connectivity index (χ2n) is 5.69. The molecule has 3 aromatic heterocycles. The Bertz CT molecular complexity index is 869. The maximum Gasteiger partial charge on any atom is 0.183 e. The Labute approximate surface area is 149 Å². The summed E-state index contributed by atoms with van der Waals surface area (Å²) >= 11 is 7.65. The van der Waals surface area contributed by atoms with E-state index in [1.54, 1.807) is 17.5 Å². The monoisotopic (exact) mass is 360 g/mol. The molecule has 8 heteroatoms. The summed E-state index contributed by atoms with van der Waals surface area (Å²) in [5, 5.41) is 9.20. The molecule has 0 saturated carbocycles. The zero-order valence-corrected chi connectivity index (χ0v) is 15.0. The van der Waals surface area contributed by atoms with Crippen LogP contribution in [0.25, 0.3) is 11.3 Å². The van der Waals surface area contributed by atoms with Crippen molar-refractivity contribution in [2.75, 3.05) is 23.8 Å². The molecule has 0 amide bonds. The van der Waals surface area contributed by atoms with Crippen molar-refractivity contribution in [2.24, 2.45) is 7.05 Å². The van der Waals surface area contributed by atoms with Crippen LogP contribution in [0.3, 0.4) is 0 Å². The lowest BCUT2D eigenvalue weighted by Gasteiger charge is -2.23. The highest BCUT2D eigenvalue weighted by Gasteiger charge is 2.26. The fourth-order valence-corrected chi connectivity index (χ4v) is 4.03. The van der Waals surface area contributed by atoms with E-state index in [1.165, 1.54) is 4.88 Å².